The van der Waals surface area contributed by atoms with Gasteiger partial charge in [0.05, 0.1) is 11.3 Å². The number of hydrogen-bond acceptors (Lipinski definition) is 3. The summed E-state index contributed by atoms with van der Waals surface area (Å²) in [6.07, 6.45) is 0. The van der Waals surface area contributed by atoms with Crippen LogP contribution in [-0.2, 0) is 4.79 Å². The van der Waals surface area contributed by atoms with Crippen molar-refractivity contribution in [3.63, 3.8) is 0 Å². The Morgan fingerprint density at radius 3 is 2.67 bits per heavy atom. The van der Waals surface area contributed by atoms with Crippen molar-refractivity contribution < 1.29 is 14.7 Å². The third kappa shape index (κ3) is 5.44. The summed E-state index contributed by atoms with van der Waals surface area (Å²) in [5.41, 5.74) is 0.655. The van der Waals surface area contributed by atoms with Crippen LogP contribution in [0.4, 0.5) is 10.5 Å². The number of benzene rings is 1. The highest BCUT2D eigenvalue weighted by molar-refractivity contribution is 9.10. The molecule has 0 saturated carbocycles. The number of amides is 2. The number of carboxylic acids is 1. The lowest BCUT2D eigenvalue weighted by molar-refractivity contribution is -0.137. The van der Waals surface area contributed by atoms with E-state index in [0.29, 0.717) is 17.8 Å². The first-order valence-electron chi connectivity index (χ1n) is 6.31. The van der Waals surface area contributed by atoms with Crippen molar-refractivity contribution in [1.82, 2.24) is 4.90 Å². The number of anilines is 1. The fourth-order valence-corrected chi connectivity index (χ4v) is 2.10. The highest BCUT2D eigenvalue weighted by atomic mass is 79.9. The van der Waals surface area contributed by atoms with Crippen LogP contribution >= 0.6 is 15.9 Å². The van der Waals surface area contributed by atoms with Gasteiger partial charge in [0, 0.05) is 11.0 Å². The third-order valence-corrected chi connectivity index (χ3v) is 3.04. The number of carbonyl (C=O) groups is 2. The zero-order chi connectivity index (χ0) is 16.0. The van der Waals surface area contributed by atoms with E-state index < -0.39 is 12.0 Å². The first kappa shape index (κ1) is 17.0. The van der Waals surface area contributed by atoms with Gasteiger partial charge in [-0.05, 0) is 24.1 Å². The smallest absolute Gasteiger partial charge is 0.323 e. The van der Waals surface area contributed by atoms with Gasteiger partial charge in [0.25, 0.3) is 0 Å². The van der Waals surface area contributed by atoms with E-state index in [-0.39, 0.29) is 12.5 Å². The molecule has 0 aliphatic heterocycles. The predicted molar refractivity (Wildman–Crippen MR) is 81.9 cm³/mol. The van der Waals surface area contributed by atoms with Crippen LogP contribution in [0.2, 0.25) is 0 Å². The monoisotopic (exact) mass is 353 g/mol. The van der Waals surface area contributed by atoms with Gasteiger partial charge >= 0.3 is 12.0 Å². The highest BCUT2D eigenvalue weighted by Gasteiger charge is 2.19. The normalized spacial score (nSPS) is 10.0. The Morgan fingerprint density at radius 2 is 2.14 bits per heavy atom. The van der Waals surface area contributed by atoms with Crippen LogP contribution < -0.4 is 5.32 Å². The summed E-state index contributed by atoms with van der Waals surface area (Å²) in [4.78, 5) is 24.2. The van der Waals surface area contributed by atoms with Crippen LogP contribution in [0.25, 0.3) is 0 Å². The molecule has 0 fully saturated rings. The molecule has 6 nitrogen and oxygen atoms in total. The molecular weight excluding hydrogens is 338 g/mol. The number of nitrogens with zero attached hydrogens (tertiary/aromatic N) is 2. The summed E-state index contributed by atoms with van der Waals surface area (Å²) >= 11 is 3.25. The Kier molecular flexibility index (Phi) is 6.18. The molecule has 21 heavy (non-hydrogen) atoms. The van der Waals surface area contributed by atoms with Gasteiger partial charge in [-0.25, -0.2) is 4.79 Å². The van der Waals surface area contributed by atoms with Gasteiger partial charge in [0.15, 0.2) is 0 Å². The number of rotatable bonds is 5. The second-order valence-electron chi connectivity index (χ2n) is 4.90. The van der Waals surface area contributed by atoms with Crippen molar-refractivity contribution in [2.45, 2.75) is 13.8 Å². The lowest BCUT2D eigenvalue weighted by Gasteiger charge is -2.23. The molecule has 0 bridgehead atoms. The van der Waals surface area contributed by atoms with Crippen molar-refractivity contribution >= 4 is 33.6 Å². The molecule has 1 aromatic carbocycles. The molecule has 0 saturated heterocycles. The summed E-state index contributed by atoms with van der Waals surface area (Å²) < 4.78 is 0.724. The average molecular weight is 354 g/mol. The van der Waals surface area contributed by atoms with Gasteiger partial charge < -0.3 is 15.3 Å². The molecule has 0 aromatic heterocycles. The van der Waals surface area contributed by atoms with Crippen LogP contribution in [0, 0.1) is 17.2 Å². The molecule has 7 heteroatoms. The van der Waals surface area contributed by atoms with E-state index in [0.717, 1.165) is 4.47 Å². The standard InChI is InChI=1S/C14H16BrN3O3/c1-9(2)7-18(8-13(19)20)14(21)17-12-4-3-11(15)5-10(12)6-16/h3-5,9H,7-8H2,1-2H3,(H,17,21)(H,19,20). The topological polar surface area (TPSA) is 93.4 Å². The number of aliphatic carboxylic acids is 1. The number of carboxylic acid groups (broad SMARTS) is 1. The van der Waals surface area contributed by atoms with Crippen LogP contribution in [-0.4, -0.2) is 35.1 Å². The SMILES string of the molecule is CC(C)CN(CC(=O)O)C(=O)Nc1ccc(Br)cc1C#N. The highest BCUT2D eigenvalue weighted by Crippen LogP contribution is 2.20. The number of nitrogens with one attached hydrogen (secondary N) is 1. The first-order chi connectivity index (χ1) is 9.83. The van der Waals surface area contributed by atoms with Gasteiger partial charge in [-0.2, -0.15) is 5.26 Å². The molecule has 2 N–H and O–H groups in total. The summed E-state index contributed by atoms with van der Waals surface area (Å²) in [6.45, 7) is 3.71. The first-order valence-corrected chi connectivity index (χ1v) is 7.10. The Bertz CT molecular complexity index is 581. The molecule has 0 heterocycles. The molecule has 1 rings (SSSR count). The number of hydrogen-bond donors (Lipinski definition) is 2. The van der Waals surface area contributed by atoms with E-state index >= 15 is 0 Å². The average Bonchev–Trinajstić information content (AvgIpc) is 2.38. The Morgan fingerprint density at radius 1 is 1.48 bits per heavy atom. The van der Waals surface area contributed by atoms with Crippen molar-refractivity contribution in [2.24, 2.45) is 5.92 Å². The van der Waals surface area contributed by atoms with E-state index in [1.807, 2.05) is 19.9 Å². The molecular formula is C14H16BrN3O3. The van der Waals surface area contributed by atoms with Crippen molar-refractivity contribution in [2.75, 3.05) is 18.4 Å². The molecule has 1 aromatic rings. The predicted octanol–water partition coefficient (Wildman–Crippen LogP) is 2.90. The summed E-state index contributed by atoms with van der Waals surface area (Å²) in [6, 6.07) is 6.32. The van der Waals surface area contributed by atoms with Crippen molar-refractivity contribution in [3.05, 3.63) is 28.2 Å². The van der Waals surface area contributed by atoms with E-state index in [4.69, 9.17) is 10.4 Å². The van der Waals surface area contributed by atoms with E-state index in [1.54, 1.807) is 18.2 Å². The van der Waals surface area contributed by atoms with Gasteiger partial charge in [-0.15, -0.1) is 0 Å². The molecule has 0 aliphatic carbocycles. The largest absolute Gasteiger partial charge is 0.480 e. The van der Waals surface area contributed by atoms with Crippen LogP contribution in [0.15, 0.2) is 22.7 Å². The van der Waals surface area contributed by atoms with Gasteiger partial charge in [-0.3, -0.25) is 4.79 Å². The number of urea groups is 1. The molecule has 0 radical (unpaired) electrons. The third-order valence-electron chi connectivity index (χ3n) is 2.54. The molecule has 0 aliphatic rings. The van der Waals surface area contributed by atoms with Gasteiger partial charge in [0.1, 0.15) is 12.6 Å². The van der Waals surface area contributed by atoms with Gasteiger partial charge in [-0.1, -0.05) is 29.8 Å². The number of nitriles is 1. The lowest BCUT2D eigenvalue weighted by Crippen LogP contribution is -2.41. The molecule has 0 spiro atoms. The minimum absolute atomic E-state index is 0.135. The fraction of sp³-hybridized carbons (Fsp3) is 0.357. The van der Waals surface area contributed by atoms with E-state index in [9.17, 15) is 9.59 Å². The summed E-state index contributed by atoms with van der Waals surface area (Å²) in [7, 11) is 0. The maximum atomic E-state index is 12.2. The number of carbonyl (C=O) groups excluding carboxylic acids is 1. The van der Waals surface area contributed by atoms with Gasteiger partial charge in [0.2, 0.25) is 0 Å². The van der Waals surface area contributed by atoms with E-state index in [2.05, 4.69) is 21.2 Å². The van der Waals surface area contributed by atoms with Crippen LogP contribution in [0.1, 0.15) is 19.4 Å². The number of halogens is 1. The maximum Gasteiger partial charge on any atom is 0.323 e. The Balaban J connectivity index is 2.91. The van der Waals surface area contributed by atoms with Crippen LogP contribution in [0.5, 0.6) is 0 Å². The van der Waals surface area contributed by atoms with Crippen molar-refractivity contribution in [1.29, 1.82) is 5.26 Å². The molecule has 0 atom stereocenters. The second-order valence-corrected chi connectivity index (χ2v) is 5.82. The zero-order valence-electron chi connectivity index (χ0n) is 11.8. The second kappa shape index (κ2) is 7.64. The van der Waals surface area contributed by atoms with Crippen molar-refractivity contribution in [3.8, 4) is 6.07 Å². The lowest BCUT2D eigenvalue weighted by atomic mass is 10.2. The zero-order valence-corrected chi connectivity index (χ0v) is 13.3. The Labute approximate surface area is 131 Å². The minimum Gasteiger partial charge on any atom is -0.480 e. The Hall–Kier alpha value is -2.07. The molecule has 112 valence electrons. The molecule has 2 amide bonds. The minimum atomic E-state index is -1.08. The van der Waals surface area contributed by atoms with E-state index in [1.165, 1.54) is 4.90 Å². The van der Waals surface area contributed by atoms with Crippen LogP contribution in [0.3, 0.4) is 0 Å². The molecule has 0 unspecified atom stereocenters. The summed E-state index contributed by atoms with van der Waals surface area (Å²) in [5, 5.41) is 20.5. The summed E-state index contributed by atoms with van der Waals surface area (Å²) in [5.74, 6) is -0.947. The maximum absolute atomic E-state index is 12.2. The fourth-order valence-electron chi connectivity index (χ4n) is 1.74. The quantitative estimate of drug-likeness (QED) is 0.850.